The first-order chi connectivity index (χ1) is 4.42. The predicted molar refractivity (Wildman–Crippen MR) is 42.9 cm³/mol. The first-order valence-corrected chi connectivity index (χ1v) is 4.01. The van der Waals surface area contributed by atoms with Gasteiger partial charge in [0.2, 0.25) is 0 Å². The number of nitrogens with zero attached hydrogens (tertiary/aromatic N) is 1. The third-order valence-corrected chi connectivity index (χ3v) is 2.53. The SMILES string of the molecule is CCC(C)[N+](C)(O)C(C)C. The van der Waals surface area contributed by atoms with E-state index in [0.29, 0.717) is 6.04 Å². The summed E-state index contributed by atoms with van der Waals surface area (Å²) in [6.45, 7) is 8.23. The average Bonchev–Trinajstić information content (AvgIpc) is 1.86. The Balaban J connectivity index is 4.09. The average molecular weight is 146 g/mol. The normalized spacial score (nSPS) is 20.7. The number of quaternary nitrogens is 1. The molecule has 2 unspecified atom stereocenters. The minimum Gasteiger partial charge on any atom is -0.217 e. The maximum absolute atomic E-state index is 9.80. The second-order valence-corrected chi connectivity index (χ2v) is 3.45. The molecule has 0 rings (SSSR count). The molecule has 0 saturated heterocycles. The number of hydrogen-bond acceptors (Lipinski definition) is 1. The van der Waals surface area contributed by atoms with Crippen molar-refractivity contribution >= 4 is 0 Å². The molecule has 0 aliphatic rings. The van der Waals surface area contributed by atoms with Crippen LogP contribution in [0.25, 0.3) is 0 Å². The Labute approximate surface area is 64.0 Å². The molecule has 0 spiro atoms. The van der Waals surface area contributed by atoms with Crippen LogP contribution in [-0.2, 0) is 0 Å². The molecule has 0 aromatic rings. The van der Waals surface area contributed by atoms with Crippen LogP contribution in [-0.4, -0.2) is 29.0 Å². The van der Waals surface area contributed by atoms with E-state index in [2.05, 4.69) is 13.8 Å². The summed E-state index contributed by atoms with van der Waals surface area (Å²) in [7, 11) is 1.86. The van der Waals surface area contributed by atoms with E-state index >= 15 is 0 Å². The van der Waals surface area contributed by atoms with Crippen LogP contribution < -0.4 is 0 Å². The number of rotatable bonds is 3. The quantitative estimate of drug-likeness (QED) is 0.477. The Hall–Kier alpha value is -0.0800. The van der Waals surface area contributed by atoms with Gasteiger partial charge in [0.05, 0.1) is 7.05 Å². The van der Waals surface area contributed by atoms with Gasteiger partial charge in [-0.15, -0.1) is 0 Å². The second kappa shape index (κ2) is 3.35. The van der Waals surface area contributed by atoms with E-state index in [-0.39, 0.29) is 10.7 Å². The van der Waals surface area contributed by atoms with Crippen molar-refractivity contribution in [1.82, 2.24) is 0 Å². The monoisotopic (exact) mass is 146 g/mol. The third-order valence-electron chi connectivity index (χ3n) is 2.53. The Morgan fingerprint density at radius 2 is 1.70 bits per heavy atom. The molecule has 2 heteroatoms. The topological polar surface area (TPSA) is 20.2 Å². The van der Waals surface area contributed by atoms with Gasteiger partial charge in [0.1, 0.15) is 12.1 Å². The van der Waals surface area contributed by atoms with E-state index in [1.807, 2.05) is 20.9 Å². The molecule has 62 valence electrons. The van der Waals surface area contributed by atoms with E-state index in [0.717, 1.165) is 6.42 Å². The van der Waals surface area contributed by atoms with Gasteiger partial charge in [-0.3, -0.25) is 0 Å². The molecule has 0 saturated carbocycles. The summed E-state index contributed by atoms with van der Waals surface area (Å²) in [5, 5.41) is 9.80. The largest absolute Gasteiger partial charge is 0.217 e. The summed E-state index contributed by atoms with van der Waals surface area (Å²) in [6, 6.07) is 0.620. The number of hydroxylamine groups is 3. The van der Waals surface area contributed by atoms with E-state index in [9.17, 15) is 5.21 Å². The van der Waals surface area contributed by atoms with Crippen LogP contribution >= 0.6 is 0 Å². The molecule has 0 aliphatic heterocycles. The van der Waals surface area contributed by atoms with Gasteiger partial charge in [0, 0.05) is 0 Å². The van der Waals surface area contributed by atoms with Crippen LogP contribution in [0.5, 0.6) is 0 Å². The molecule has 0 radical (unpaired) electrons. The van der Waals surface area contributed by atoms with E-state index in [1.54, 1.807) is 0 Å². The van der Waals surface area contributed by atoms with Gasteiger partial charge in [-0.05, 0) is 27.2 Å². The van der Waals surface area contributed by atoms with Gasteiger partial charge in [-0.2, -0.15) is 4.65 Å². The van der Waals surface area contributed by atoms with Gasteiger partial charge in [-0.25, -0.2) is 5.21 Å². The summed E-state index contributed by atoms with van der Waals surface area (Å²) < 4.78 is 0.135. The molecular formula is C8H20NO+. The lowest BCUT2D eigenvalue weighted by Crippen LogP contribution is -2.52. The molecule has 0 fully saturated rings. The maximum atomic E-state index is 9.80. The van der Waals surface area contributed by atoms with Gasteiger partial charge < -0.3 is 0 Å². The highest BCUT2D eigenvalue weighted by Gasteiger charge is 2.29. The Morgan fingerprint density at radius 1 is 1.30 bits per heavy atom. The van der Waals surface area contributed by atoms with Crippen molar-refractivity contribution in [2.45, 2.75) is 46.2 Å². The highest BCUT2D eigenvalue weighted by atomic mass is 16.5. The molecule has 2 nitrogen and oxygen atoms in total. The third kappa shape index (κ3) is 1.96. The van der Waals surface area contributed by atoms with Crippen LogP contribution in [0.1, 0.15) is 34.1 Å². The summed E-state index contributed by atoms with van der Waals surface area (Å²) in [5.41, 5.74) is 0. The Morgan fingerprint density at radius 3 is 1.80 bits per heavy atom. The van der Waals surface area contributed by atoms with Crippen molar-refractivity contribution in [2.24, 2.45) is 0 Å². The van der Waals surface area contributed by atoms with Crippen LogP contribution in [0.15, 0.2) is 0 Å². The van der Waals surface area contributed by atoms with Crippen molar-refractivity contribution in [3.63, 3.8) is 0 Å². The minimum atomic E-state index is 0.135. The van der Waals surface area contributed by atoms with Crippen molar-refractivity contribution in [3.8, 4) is 0 Å². The Kier molecular flexibility index (Phi) is 3.33. The smallest absolute Gasteiger partial charge is 0.116 e. The number of hydrogen-bond donors (Lipinski definition) is 1. The van der Waals surface area contributed by atoms with Gasteiger partial charge in [0.25, 0.3) is 0 Å². The standard InChI is InChI=1S/C8H20NO/c1-6-8(4)9(5,10)7(2)3/h7-8,10H,6H2,1-5H3/q+1. The molecule has 0 aliphatic carbocycles. The van der Waals surface area contributed by atoms with E-state index in [1.165, 1.54) is 0 Å². The molecule has 10 heavy (non-hydrogen) atoms. The highest BCUT2D eigenvalue weighted by Crippen LogP contribution is 2.13. The molecule has 1 N–H and O–H groups in total. The van der Waals surface area contributed by atoms with Crippen LogP contribution in [0.4, 0.5) is 0 Å². The highest BCUT2D eigenvalue weighted by molar-refractivity contribution is 4.46. The van der Waals surface area contributed by atoms with E-state index < -0.39 is 0 Å². The van der Waals surface area contributed by atoms with E-state index in [4.69, 9.17) is 0 Å². The summed E-state index contributed by atoms with van der Waals surface area (Å²) >= 11 is 0. The van der Waals surface area contributed by atoms with Gasteiger partial charge >= 0.3 is 0 Å². The minimum absolute atomic E-state index is 0.135. The lowest BCUT2D eigenvalue weighted by molar-refractivity contribution is -1.12. The summed E-state index contributed by atoms with van der Waals surface area (Å²) in [4.78, 5) is 0. The van der Waals surface area contributed by atoms with Crippen LogP contribution in [0.3, 0.4) is 0 Å². The van der Waals surface area contributed by atoms with Crippen molar-refractivity contribution in [2.75, 3.05) is 7.05 Å². The molecule has 0 aromatic carbocycles. The Bertz CT molecular complexity index is 99.4. The first kappa shape index (κ1) is 9.92. The first-order valence-electron chi connectivity index (χ1n) is 4.01. The molecular weight excluding hydrogens is 126 g/mol. The van der Waals surface area contributed by atoms with Crippen molar-refractivity contribution in [3.05, 3.63) is 0 Å². The molecule has 2 atom stereocenters. The van der Waals surface area contributed by atoms with Crippen molar-refractivity contribution < 1.29 is 9.85 Å². The van der Waals surface area contributed by atoms with Gasteiger partial charge in [0.15, 0.2) is 0 Å². The van der Waals surface area contributed by atoms with Crippen LogP contribution in [0, 0.1) is 0 Å². The van der Waals surface area contributed by atoms with Crippen molar-refractivity contribution in [1.29, 1.82) is 0 Å². The molecule has 0 aromatic heterocycles. The predicted octanol–water partition coefficient (Wildman–Crippen LogP) is 2.03. The molecule has 0 amide bonds. The fourth-order valence-corrected chi connectivity index (χ4v) is 0.879. The fourth-order valence-electron chi connectivity index (χ4n) is 0.879. The summed E-state index contributed by atoms with van der Waals surface area (Å²) in [5.74, 6) is 0. The lowest BCUT2D eigenvalue weighted by atomic mass is 10.2. The maximum Gasteiger partial charge on any atom is 0.116 e. The zero-order valence-corrected chi connectivity index (χ0v) is 7.76. The lowest BCUT2D eigenvalue weighted by Gasteiger charge is -2.34. The van der Waals surface area contributed by atoms with Gasteiger partial charge in [-0.1, -0.05) is 6.92 Å². The molecule has 0 bridgehead atoms. The second-order valence-electron chi connectivity index (χ2n) is 3.45. The van der Waals surface area contributed by atoms with Crippen LogP contribution in [0.2, 0.25) is 0 Å². The fraction of sp³-hybridized carbons (Fsp3) is 1.00. The zero-order chi connectivity index (χ0) is 8.36. The molecule has 0 heterocycles. The summed E-state index contributed by atoms with van der Waals surface area (Å²) in [6.07, 6.45) is 1.02. The zero-order valence-electron chi connectivity index (χ0n) is 7.76.